The predicted octanol–water partition coefficient (Wildman–Crippen LogP) is 5.15. The molecule has 0 spiro atoms. The SMILES string of the molecule is O=C1Nc2ccc(Br)cc2/C1=C/c1nc2ccc(I)cc2c(=O)n1-c1ccc([N+](=O)[O-])cc1. The van der Waals surface area contributed by atoms with Crippen LogP contribution in [-0.2, 0) is 4.79 Å². The first-order chi connectivity index (χ1) is 15.8. The van der Waals surface area contributed by atoms with E-state index in [4.69, 9.17) is 0 Å². The van der Waals surface area contributed by atoms with Crippen molar-refractivity contribution in [3.63, 3.8) is 0 Å². The number of fused-ring (bicyclic) bond motifs is 2. The molecule has 1 aromatic heterocycles. The highest BCUT2D eigenvalue weighted by Crippen LogP contribution is 2.35. The normalized spacial score (nSPS) is 13.9. The van der Waals surface area contributed by atoms with Crippen molar-refractivity contribution in [3.8, 4) is 5.69 Å². The summed E-state index contributed by atoms with van der Waals surface area (Å²) in [6.45, 7) is 0. The summed E-state index contributed by atoms with van der Waals surface area (Å²) in [5, 5.41) is 14.3. The third-order valence-electron chi connectivity index (χ3n) is 5.21. The van der Waals surface area contributed by atoms with E-state index < -0.39 is 4.92 Å². The number of nitro groups is 1. The summed E-state index contributed by atoms with van der Waals surface area (Å²) in [5.41, 5.74) is 2.15. The van der Waals surface area contributed by atoms with E-state index in [-0.39, 0.29) is 23.0 Å². The third-order valence-corrected chi connectivity index (χ3v) is 6.38. The van der Waals surface area contributed by atoms with Crippen molar-refractivity contribution in [1.82, 2.24) is 9.55 Å². The molecule has 0 saturated carbocycles. The van der Waals surface area contributed by atoms with Gasteiger partial charge in [-0.15, -0.1) is 0 Å². The van der Waals surface area contributed by atoms with Crippen LogP contribution in [0.5, 0.6) is 0 Å². The lowest BCUT2D eigenvalue weighted by Gasteiger charge is -2.12. The van der Waals surface area contributed by atoms with Gasteiger partial charge in [-0.2, -0.15) is 0 Å². The molecule has 0 atom stereocenters. The Morgan fingerprint density at radius 2 is 1.82 bits per heavy atom. The van der Waals surface area contributed by atoms with Gasteiger partial charge < -0.3 is 5.32 Å². The minimum absolute atomic E-state index is 0.0936. The molecule has 2 heterocycles. The number of carbonyl (C=O) groups is 1. The minimum atomic E-state index is -0.506. The number of anilines is 1. The van der Waals surface area contributed by atoms with Crippen LogP contribution in [0.3, 0.4) is 0 Å². The van der Waals surface area contributed by atoms with Crippen LogP contribution >= 0.6 is 38.5 Å². The molecule has 0 radical (unpaired) electrons. The molecule has 10 heteroatoms. The lowest BCUT2D eigenvalue weighted by atomic mass is 10.1. The lowest BCUT2D eigenvalue weighted by molar-refractivity contribution is -0.384. The molecule has 33 heavy (non-hydrogen) atoms. The summed E-state index contributed by atoms with van der Waals surface area (Å²) in [6.07, 6.45) is 1.56. The number of nitrogens with one attached hydrogen (secondary N) is 1. The maximum absolute atomic E-state index is 13.5. The van der Waals surface area contributed by atoms with Crippen LogP contribution in [0.15, 0.2) is 69.9 Å². The zero-order chi connectivity index (χ0) is 23.3. The van der Waals surface area contributed by atoms with Crippen LogP contribution in [0, 0.1) is 13.7 Å². The fraction of sp³-hybridized carbons (Fsp3) is 0. The number of hydrogen-bond donors (Lipinski definition) is 1. The van der Waals surface area contributed by atoms with Crippen molar-refractivity contribution >= 4 is 78.4 Å². The molecular weight excluding hydrogens is 603 g/mol. The van der Waals surface area contributed by atoms with Gasteiger partial charge in [-0.05, 0) is 77.2 Å². The van der Waals surface area contributed by atoms with Crippen molar-refractivity contribution < 1.29 is 9.72 Å². The number of carbonyl (C=O) groups excluding carboxylic acids is 1. The molecule has 4 aromatic rings. The van der Waals surface area contributed by atoms with Gasteiger partial charge in [-0.25, -0.2) is 4.98 Å². The number of aromatic nitrogens is 2. The monoisotopic (exact) mass is 614 g/mol. The van der Waals surface area contributed by atoms with Gasteiger partial charge in [0, 0.05) is 31.4 Å². The summed E-state index contributed by atoms with van der Waals surface area (Å²) in [5.74, 6) is -0.0733. The van der Waals surface area contributed by atoms with Crippen molar-refractivity contribution in [2.45, 2.75) is 0 Å². The Morgan fingerprint density at radius 1 is 1.06 bits per heavy atom. The highest BCUT2D eigenvalue weighted by Gasteiger charge is 2.25. The topological polar surface area (TPSA) is 107 Å². The molecule has 1 aliphatic heterocycles. The summed E-state index contributed by atoms with van der Waals surface area (Å²) < 4.78 is 3.03. The van der Waals surface area contributed by atoms with E-state index in [2.05, 4.69) is 48.8 Å². The molecule has 1 N–H and O–H groups in total. The molecule has 1 amide bonds. The van der Waals surface area contributed by atoms with Gasteiger partial charge in [0.1, 0.15) is 5.82 Å². The smallest absolute Gasteiger partial charge is 0.269 e. The number of nitro benzene ring substituents is 1. The van der Waals surface area contributed by atoms with E-state index in [1.807, 2.05) is 18.2 Å². The van der Waals surface area contributed by atoms with Crippen LogP contribution in [0.2, 0.25) is 0 Å². The fourth-order valence-corrected chi connectivity index (χ4v) is 4.53. The van der Waals surface area contributed by atoms with E-state index in [1.165, 1.54) is 28.8 Å². The third kappa shape index (κ3) is 3.85. The summed E-state index contributed by atoms with van der Waals surface area (Å²) in [7, 11) is 0. The van der Waals surface area contributed by atoms with Crippen molar-refractivity contribution in [3.05, 3.63) is 101 Å². The minimum Gasteiger partial charge on any atom is -0.321 e. The van der Waals surface area contributed by atoms with E-state index in [0.717, 1.165) is 8.04 Å². The molecule has 0 fully saturated rings. The van der Waals surface area contributed by atoms with Crippen LogP contribution in [0.1, 0.15) is 11.4 Å². The first-order valence-corrected chi connectivity index (χ1v) is 11.5. The van der Waals surface area contributed by atoms with Crippen LogP contribution in [0.4, 0.5) is 11.4 Å². The van der Waals surface area contributed by atoms with Crippen LogP contribution < -0.4 is 10.9 Å². The van der Waals surface area contributed by atoms with Crippen LogP contribution in [-0.4, -0.2) is 20.4 Å². The average molecular weight is 615 g/mol. The number of non-ortho nitro benzene ring substituents is 1. The zero-order valence-corrected chi connectivity index (χ0v) is 20.3. The Balaban J connectivity index is 1.80. The molecule has 162 valence electrons. The van der Waals surface area contributed by atoms with Crippen molar-refractivity contribution in [2.24, 2.45) is 0 Å². The second-order valence-electron chi connectivity index (χ2n) is 7.25. The van der Waals surface area contributed by atoms with Crippen molar-refractivity contribution in [2.75, 3.05) is 5.32 Å². The highest BCUT2D eigenvalue weighted by molar-refractivity contribution is 14.1. The number of nitrogens with zero attached hydrogens (tertiary/aromatic N) is 3. The second-order valence-corrected chi connectivity index (χ2v) is 9.41. The van der Waals surface area contributed by atoms with Crippen LogP contribution in [0.25, 0.3) is 28.2 Å². The lowest BCUT2D eigenvalue weighted by Crippen LogP contribution is -2.22. The Kier molecular flexibility index (Phi) is 5.33. The Morgan fingerprint density at radius 3 is 2.55 bits per heavy atom. The molecule has 3 aromatic carbocycles. The summed E-state index contributed by atoms with van der Waals surface area (Å²) in [6, 6.07) is 16.4. The average Bonchev–Trinajstić information content (AvgIpc) is 3.09. The summed E-state index contributed by atoms with van der Waals surface area (Å²) in [4.78, 5) is 41.5. The van der Waals surface area contributed by atoms with E-state index in [9.17, 15) is 19.7 Å². The van der Waals surface area contributed by atoms with Gasteiger partial charge in [0.25, 0.3) is 17.2 Å². The Bertz CT molecular complexity index is 1580. The van der Waals surface area contributed by atoms with Crippen molar-refractivity contribution in [1.29, 1.82) is 0 Å². The largest absolute Gasteiger partial charge is 0.321 e. The Hall–Kier alpha value is -3.38. The van der Waals surface area contributed by atoms with E-state index in [0.29, 0.717) is 33.4 Å². The maximum atomic E-state index is 13.5. The van der Waals surface area contributed by atoms with Gasteiger partial charge in [-0.1, -0.05) is 15.9 Å². The number of halogens is 2. The second kappa shape index (κ2) is 8.19. The molecule has 5 rings (SSSR count). The molecule has 0 bridgehead atoms. The first-order valence-electron chi connectivity index (χ1n) is 9.62. The predicted molar refractivity (Wildman–Crippen MR) is 137 cm³/mol. The molecule has 0 aliphatic carbocycles. The quantitative estimate of drug-likeness (QED) is 0.149. The molecule has 0 saturated heterocycles. The number of rotatable bonds is 3. The van der Waals surface area contributed by atoms with Gasteiger partial charge >= 0.3 is 0 Å². The maximum Gasteiger partial charge on any atom is 0.269 e. The molecular formula is C23H12BrIN4O4. The fourth-order valence-electron chi connectivity index (χ4n) is 3.68. The molecule has 1 aliphatic rings. The standard InChI is InChI=1S/C23H12BrIN4O4/c24-12-1-7-19-16(9-12)17(22(30)27-19)11-21-26-20-8-2-13(25)10-18(20)23(31)28(21)14-3-5-15(6-4-14)29(32)33/h1-11H,(H,27,30)/b17-11-. The van der Waals surface area contributed by atoms with Gasteiger partial charge in [0.05, 0.1) is 27.1 Å². The van der Waals surface area contributed by atoms with Gasteiger partial charge in [0.2, 0.25) is 0 Å². The number of benzene rings is 3. The molecule has 0 unspecified atom stereocenters. The summed E-state index contributed by atoms with van der Waals surface area (Å²) >= 11 is 5.54. The van der Waals surface area contributed by atoms with E-state index in [1.54, 1.807) is 24.3 Å². The molecule has 8 nitrogen and oxygen atoms in total. The number of amides is 1. The first kappa shape index (κ1) is 21.5. The zero-order valence-electron chi connectivity index (χ0n) is 16.6. The van der Waals surface area contributed by atoms with Gasteiger partial charge in [0.15, 0.2) is 0 Å². The van der Waals surface area contributed by atoms with E-state index >= 15 is 0 Å². The van der Waals surface area contributed by atoms with Gasteiger partial charge in [-0.3, -0.25) is 24.3 Å². The highest BCUT2D eigenvalue weighted by atomic mass is 127. The Labute approximate surface area is 208 Å². The number of hydrogen-bond acceptors (Lipinski definition) is 5.